The standard InChI is InChI=1S/C30H34Cl2N2O2S/c1-2-3-18-33-30(36)28(21-23-9-5-4-6-10-23)34(22-24-11-7-12-26(32)20-24)29(35)13-8-19-37-27-16-14-25(31)15-17-27/h4-7,9-12,14-17,20,28H,2-3,8,13,18-19,21-22H2,1H3,(H,33,36)/t28-/m1/s1. The molecule has 0 aliphatic rings. The van der Waals surface area contributed by atoms with Crippen LogP contribution in [0.5, 0.6) is 0 Å². The molecule has 3 rings (SSSR count). The van der Waals surface area contributed by atoms with Crippen molar-refractivity contribution in [3.8, 4) is 0 Å². The molecule has 0 aliphatic carbocycles. The molecule has 3 aromatic carbocycles. The summed E-state index contributed by atoms with van der Waals surface area (Å²) in [4.78, 5) is 29.9. The second-order valence-electron chi connectivity index (χ2n) is 8.91. The van der Waals surface area contributed by atoms with Crippen molar-refractivity contribution in [2.45, 2.75) is 56.5 Å². The number of nitrogens with zero attached hydrogens (tertiary/aromatic N) is 1. The van der Waals surface area contributed by atoms with Crippen LogP contribution in [-0.4, -0.2) is 35.1 Å². The van der Waals surface area contributed by atoms with Crippen LogP contribution in [0.4, 0.5) is 0 Å². The lowest BCUT2D eigenvalue weighted by Crippen LogP contribution is -2.50. The van der Waals surface area contributed by atoms with E-state index in [4.69, 9.17) is 23.2 Å². The highest BCUT2D eigenvalue weighted by Crippen LogP contribution is 2.23. The molecule has 0 heterocycles. The van der Waals surface area contributed by atoms with Gasteiger partial charge in [0.1, 0.15) is 6.04 Å². The molecular formula is C30H34Cl2N2O2S. The monoisotopic (exact) mass is 556 g/mol. The molecule has 37 heavy (non-hydrogen) atoms. The molecule has 0 saturated carbocycles. The molecule has 0 radical (unpaired) electrons. The number of rotatable bonds is 14. The Bertz CT molecular complexity index is 1130. The van der Waals surface area contributed by atoms with Crippen LogP contribution in [0.3, 0.4) is 0 Å². The zero-order valence-electron chi connectivity index (χ0n) is 21.2. The molecule has 0 fully saturated rings. The van der Waals surface area contributed by atoms with Crippen molar-refractivity contribution in [1.29, 1.82) is 0 Å². The minimum absolute atomic E-state index is 0.0387. The third-order valence-corrected chi connectivity index (χ3v) is 7.55. The van der Waals surface area contributed by atoms with E-state index in [2.05, 4.69) is 12.2 Å². The van der Waals surface area contributed by atoms with Crippen molar-refractivity contribution in [1.82, 2.24) is 10.2 Å². The molecule has 0 spiro atoms. The van der Waals surface area contributed by atoms with Gasteiger partial charge in [-0.25, -0.2) is 0 Å². The maximum Gasteiger partial charge on any atom is 0.243 e. The molecule has 196 valence electrons. The molecule has 1 N–H and O–H groups in total. The van der Waals surface area contributed by atoms with Gasteiger partial charge in [0.2, 0.25) is 11.8 Å². The smallest absolute Gasteiger partial charge is 0.243 e. The van der Waals surface area contributed by atoms with E-state index in [-0.39, 0.29) is 11.8 Å². The fourth-order valence-corrected chi connectivity index (χ4v) is 5.17. The van der Waals surface area contributed by atoms with Crippen molar-refractivity contribution < 1.29 is 9.59 Å². The zero-order valence-corrected chi connectivity index (χ0v) is 23.5. The summed E-state index contributed by atoms with van der Waals surface area (Å²) in [5.74, 6) is 0.635. The van der Waals surface area contributed by atoms with E-state index in [1.54, 1.807) is 16.7 Å². The lowest BCUT2D eigenvalue weighted by Gasteiger charge is -2.31. The van der Waals surface area contributed by atoms with Crippen LogP contribution in [0.2, 0.25) is 10.0 Å². The van der Waals surface area contributed by atoms with Gasteiger partial charge in [0.05, 0.1) is 0 Å². The van der Waals surface area contributed by atoms with Crippen LogP contribution in [0.15, 0.2) is 83.8 Å². The van der Waals surface area contributed by atoms with Gasteiger partial charge in [0, 0.05) is 40.9 Å². The number of halogens is 2. The van der Waals surface area contributed by atoms with Gasteiger partial charge in [0.25, 0.3) is 0 Å². The molecule has 2 amide bonds. The molecular weight excluding hydrogens is 523 g/mol. The van der Waals surface area contributed by atoms with Crippen molar-refractivity contribution in [2.75, 3.05) is 12.3 Å². The van der Waals surface area contributed by atoms with E-state index < -0.39 is 6.04 Å². The van der Waals surface area contributed by atoms with Crippen LogP contribution < -0.4 is 5.32 Å². The average molecular weight is 558 g/mol. The van der Waals surface area contributed by atoms with Crippen LogP contribution in [0.25, 0.3) is 0 Å². The Kier molecular flexibility index (Phi) is 12.3. The van der Waals surface area contributed by atoms with E-state index in [0.29, 0.717) is 42.4 Å². The second-order valence-corrected chi connectivity index (χ2v) is 10.9. The molecule has 0 unspecified atom stereocenters. The van der Waals surface area contributed by atoms with Crippen LogP contribution in [0, 0.1) is 0 Å². The number of thioether (sulfide) groups is 1. The van der Waals surface area contributed by atoms with Gasteiger partial charge < -0.3 is 10.2 Å². The van der Waals surface area contributed by atoms with Gasteiger partial charge in [-0.3, -0.25) is 9.59 Å². The molecule has 7 heteroatoms. The topological polar surface area (TPSA) is 49.4 Å². The Balaban J connectivity index is 1.77. The Labute approximate surface area is 234 Å². The number of hydrogen-bond acceptors (Lipinski definition) is 3. The summed E-state index contributed by atoms with van der Waals surface area (Å²) >= 11 is 13.9. The lowest BCUT2D eigenvalue weighted by atomic mass is 10.0. The third-order valence-electron chi connectivity index (χ3n) is 5.96. The van der Waals surface area contributed by atoms with Gasteiger partial charge in [-0.05, 0) is 66.1 Å². The molecule has 0 aliphatic heterocycles. The summed E-state index contributed by atoms with van der Waals surface area (Å²) in [5.41, 5.74) is 1.91. The van der Waals surface area contributed by atoms with Gasteiger partial charge >= 0.3 is 0 Å². The largest absolute Gasteiger partial charge is 0.354 e. The summed E-state index contributed by atoms with van der Waals surface area (Å²) < 4.78 is 0. The predicted octanol–water partition coefficient (Wildman–Crippen LogP) is 7.42. The Morgan fingerprint density at radius 2 is 1.62 bits per heavy atom. The Morgan fingerprint density at radius 3 is 2.32 bits per heavy atom. The first-order chi connectivity index (χ1) is 18.0. The van der Waals surface area contributed by atoms with E-state index in [0.717, 1.165) is 34.6 Å². The summed E-state index contributed by atoms with van der Waals surface area (Å²) in [5, 5.41) is 4.37. The highest BCUT2D eigenvalue weighted by Gasteiger charge is 2.30. The molecule has 4 nitrogen and oxygen atoms in total. The van der Waals surface area contributed by atoms with Crippen LogP contribution in [-0.2, 0) is 22.6 Å². The molecule has 3 aromatic rings. The van der Waals surface area contributed by atoms with E-state index in [1.807, 2.05) is 78.9 Å². The Hall–Kier alpha value is -2.47. The molecule has 0 aromatic heterocycles. The van der Waals surface area contributed by atoms with Crippen LogP contribution >= 0.6 is 35.0 Å². The first-order valence-corrected chi connectivity index (χ1v) is 14.4. The van der Waals surface area contributed by atoms with Gasteiger partial charge in [-0.15, -0.1) is 11.8 Å². The first kappa shape index (κ1) is 29.1. The second kappa shape index (κ2) is 15.7. The number of hydrogen-bond donors (Lipinski definition) is 1. The summed E-state index contributed by atoms with van der Waals surface area (Å²) in [7, 11) is 0. The highest BCUT2D eigenvalue weighted by atomic mass is 35.5. The maximum absolute atomic E-state index is 13.6. The normalized spacial score (nSPS) is 11.6. The SMILES string of the molecule is CCCCNC(=O)[C@@H](Cc1ccccc1)N(Cc1cccc(Cl)c1)C(=O)CCCSc1ccc(Cl)cc1. The van der Waals surface area contributed by atoms with Gasteiger partial charge in [0.15, 0.2) is 0 Å². The molecule has 1 atom stereocenters. The first-order valence-electron chi connectivity index (χ1n) is 12.7. The number of carbonyl (C=O) groups is 2. The Morgan fingerprint density at radius 1 is 0.892 bits per heavy atom. The van der Waals surface area contributed by atoms with Crippen molar-refractivity contribution >= 4 is 46.8 Å². The van der Waals surface area contributed by atoms with Gasteiger partial charge in [-0.1, -0.05) is 79.0 Å². The molecule has 0 saturated heterocycles. The minimum Gasteiger partial charge on any atom is -0.354 e. The number of benzene rings is 3. The van der Waals surface area contributed by atoms with E-state index >= 15 is 0 Å². The average Bonchev–Trinajstić information content (AvgIpc) is 2.90. The highest BCUT2D eigenvalue weighted by molar-refractivity contribution is 7.99. The quantitative estimate of drug-likeness (QED) is 0.166. The molecule has 0 bridgehead atoms. The third kappa shape index (κ3) is 10.1. The van der Waals surface area contributed by atoms with Crippen molar-refractivity contribution in [3.05, 3.63) is 100 Å². The van der Waals surface area contributed by atoms with Crippen LogP contribution in [0.1, 0.15) is 43.7 Å². The number of amides is 2. The summed E-state index contributed by atoms with van der Waals surface area (Å²) in [6, 6.07) is 24.4. The number of carbonyl (C=O) groups excluding carboxylic acids is 2. The van der Waals surface area contributed by atoms with E-state index in [1.165, 1.54) is 0 Å². The number of unbranched alkanes of at least 4 members (excludes halogenated alkanes) is 1. The predicted molar refractivity (Wildman–Crippen MR) is 155 cm³/mol. The van der Waals surface area contributed by atoms with Gasteiger partial charge in [-0.2, -0.15) is 0 Å². The zero-order chi connectivity index (χ0) is 26.5. The summed E-state index contributed by atoms with van der Waals surface area (Å²) in [6.07, 6.45) is 3.39. The fourth-order valence-electron chi connectivity index (χ4n) is 3.98. The minimum atomic E-state index is -0.616. The fraction of sp³-hybridized carbons (Fsp3) is 0.333. The lowest BCUT2D eigenvalue weighted by molar-refractivity contribution is -0.141. The number of nitrogens with one attached hydrogen (secondary N) is 1. The van der Waals surface area contributed by atoms with E-state index in [9.17, 15) is 9.59 Å². The maximum atomic E-state index is 13.6. The summed E-state index contributed by atoms with van der Waals surface area (Å²) in [6.45, 7) is 3.00. The van der Waals surface area contributed by atoms with Crippen molar-refractivity contribution in [2.24, 2.45) is 0 Å². The van der Waals surface area contributed by atoms with Crippen molar-refractivity contribution in [3.63, 3.8) is 0 Å².